The first kappa shape index (κ1) is 33.5. The zero-order valence-corrected chi connectivity index (χ0v) is 16.1. The summed E-state index contributed by atoms with van der Waals surface area (Å²) >= 11 is 0. The van der Waals surface area contributed by atoms with Crippen LogP contribution in [0.1, 0.15) is 0 Å². The summed E-state index contributed by atoms with van der Waals surface area (Å²) in [6.45, 7) is -2.74. The van der Waals surface area contributed by atoms with E-state index in [-0.39, 0.29) is 4.90 Å². The van der Waals surface area contributed by atoms with E-state index in [1.807, 2.05) is 0 Å². The van der Waals surface area contributed by atoms with Crippen molar-refractivity contribution < 1.29 is 92.2 Å². The first-order valence-corrected chi connectivity index (χ1v) is 7.78. The zero-order chi connectivity index (χ0) is 29.3. The number of rotatable bonds is 10. The fourth-order valence-electron chi connectivity index (χ4n) is 2.09. The van der Waals surface area contributed by atoms with Gasteiger partial charge < -0.3 is 4.90 Å². The minimum absolute atomic E-state index is 0.192. The van der Waals surface area contributed by atoms with Crippen molar-refractivity contribution in [2.24, 2.45) is 0 Å². The van der Waals surface area contributed by atoms with Crippen LogP contribution in [0.3, 0.4) is 0 Å². The van der Waals surface area contributed by atoms with Crippen LogP contribution in [0.25, 0.3) is 0 Å². The highest BCUT2D eigenvalue weighted by atomic mass is 19.4. The topological polar surface area (TPSA) is 3.24 Å². The van der Waals surface area contributed by atoms with Gasteiger partial charge in [0.05, 0.1) is 6.54 Å². The normalized spacial score (nSPS) is 16.8. The second-order valence-electron chi connectivity index (χ2n) is 7.04. The van der Waals surface area contributed by atoms with Crippen LogP contribution in [0.4, 0.5) is 92.2 Å². The van der Waals surface area contributed by atoms with Crippen LogP contribution in [0.15, 0.2) is 0 Å². The molecule has 0 radical (unpaired) electrons. The summed E-state index contributed by atoms with van der Waals surface area (Å²) in [6.07, 6.45) is -7.99. The lowest BCUT2D eigenvalue weighted by molar-refractivity contribution is -0.474. The Labute approximate surface area is 178 Å². The summed E-state index contributed by atoms with van der Waals surface area (Å²) in [5.41, 5.74) is 0. The molecule has 212 valence electrons. The van der Waals surface area contributed by atoms with E-state index < -0.39 is 66.0 Å². The van der Waals surface area contributed by atoms with Gasteiger partial charge >= 0.3 is 59.5 Å². The van der Waals surface area contributed by atoms with Crippen molar-refractivity contribution in [1.82, 2.24) is 4.90 Å². The van der Waals surface area contributed by atoms with Crippen LogP contribution in [0, 0.1) is 0 Å². The molecule has 0 atom stereocenters. The molecule has 0 aromatic rings. The molecule has 0 aliphatic rings. The van der Waals surface area contributed by atoms with Crippen LogP contribution in [-0.4, -0.2) is 85.0 Å². The van der Waals surface area contributed by atoms with E-state index in [4.69, 9.17) is 0 Å². The largest absolute Gasteiger partial charge is 0.460 e. The third kappa shape index (κ3) is 4.23. The molecule has 0 aliphatic heterocycles. The van der Waals surface area contributed by atoms with Crippen LogP contribution in [-0.2, 0) is 0 Å². The molecule has 0 aliphatic carbocycles. The minimum Gasteiger partial charge on any atom is -0.303 e. The lowest BCUT2D eigenvalue weighted by atomic mass is 9.86. The molecule has 0 aromatic heterocycles. The Hall–Kier alpha value is -1.51. The number of hydrogen-bond donors (Lipinski definition) is 0. The smallest absolute Gasteiger partial charge is 0.303 e. The molecule has 0 saturated carbocycles. The van der Waals surface area contributed by atoms with Crippen molar-refractivity contribution >= 4 is 0 Å². The number of nitrogens with zero attached hydrogens (tertiary/aromatic N) is 1. The molecule has 0 heterocycles. The molecule has 0 N–H and O–H groups in total. The molecule has 0 bridgehead atoms. The van der Waals surface area contributed by atoms with Gasteiger partial charge in [-0.1, -0.05) is 0 Å². The Morgan fingerprint density at radius 1 is 0.343 bits per heavy atom. The van der Waals surface area contributed by atoms with Gasteiger partial charge in [-0.3, -0.25) is 0 Å². The van der Waals surface area contributed by atoms with E-state index in [9.17, 15) is 92.2 Å². The maximum Gasteiger partial charge on any atom is 0.460 e. The van der Waals surface area contributed by atoms with E-state index in [1.54, 1.807) is 0 Å². The molecule has 22 heteroatoms. The van der Waals surface area contributed by atoms with Gasteiger partial charge in [0, 0.05) is 0 Å². The summed E-state index contributed by atoms with van der Waals surface area (Å²) in [7, 11) is 0.707. The SMILES string of the molecule is CN(C)CC(F)(F)C(F)(F)C(F)(F)C(F)(F)C(F)(F)C(F)(F)C(F)(F)C(F)(F)C(F)(F)C(F)(F)F. The van der Waals surface area contributed by atoms with Gasteiger partial charge in [-0.05, 0) is 14.1 Å². The molecule has 0 aromatic carbocycles. The number of halogens is 21. The summed E-state index contributed by atoms with van der Waals surface area (Å²) < 4.78 is 275. The zero-order valence-electron chi connectivity index (χ0n) is 16.1. The van der Waals surface area contributed by atoms with E-state index in [0.29, 0.717) is 14.1 Å². The minimum atomic E-state index is -9.14. The molecule has 0 spiro atoms. The Balaban J connectivity index is 7.03. The van der Waals surface area contributed by atoms with Gasteiger partial charge in [0.2, 0.25) is 0 Å². The van der Waals surface area contributed by atoms with Crippen molar-refractivity contribution in [2.75, 3.05) is 20.6 Å². The van der Waals surface area contributed by atoms with Crippen molar-refractivity contribution in [3.8, 4) is 0 Å². The molecule has 0 fully saturated rings. The quantitative estimate of drug-likeness (QED) is 0.258. The lowest BCUT2D eigenvalue weighted by Gasteiger charge is -2.44. The average molecular weight is 577 g/mol. The van der Waals surface area contributed by atoms with Crippen LogP contribution >= 0.6 is 0 Å². The van der Waals surface area contributed by atoms with Crippen LogP contribution in [0.2, 0.25) is 0 Å². The molecule has 35 heavy (non-hydrogen) atoms. The third-order valence-electron chi connectivity index (χ3n) is 4.09. The fourth-order valence-corrected chi connectivity index (χ4v) is 2.09. The van der Waals surface area contributed by atoms with E-state index in [2.05, 4.69) is 0 Å². The fraction of sp³-hybridized carbons (Fsp3) is 1.00. The highest BCUT2D eigenvalue weighted by molar-refractivity contribution is 5.18. The lowest BCUT2D eigenvalue weighted by Crippen LogP contribution is -2.77. The predicted molar refractivity (Wildman–Crippen MR) is 69.1 cm³/mol. The highest BCUT2D eigenvalue weighted by Gasteiger charge is 2.97. The molecule has 0 unspecified atom stereocenters. The maximum atomic E-state index is 13.5. The molecular formula is C13H8F21N. The second-order valence-corrected chi connectivity index (χ2v) is 7.04. The van der Waals surface area contributed by atoms with Gasteiger partial charge in [0.25, 0.3) is 0 Å². The summed E-state index contributed by atoms with van der Waals surface area (Å²) in [6, 6.07) is 0. The van der Waals surface area contributed by atoms with E-state index in [1.165, 1.54) is 0 Å². The van der Waals surface area contributed by atoms with Crippen LogP contribution < -0.4 is 0 Å². The van der Waals surface area contributed by atoms with Gasteiger partial charge in [-0.2, -0.15) is 92.2 Å². The van der Waals surface area contributed by atoms with Gasteiger partial charge in [-0.15, -0.1) is 0 Å². The number of hydrogen-bond acceptors (Lipinski definition) is 1. The monoisotopic (exact) mass is 577 g/mol. The van der Waals surface area contributed by atoms with Gasteiger partial charge in [-0.25, -0.2) is 0 Å². The standard InChI is InChI=1S/C13H8F21N/c1-35(2)3-4(14,15)5(16,17)6(18,19)7(20,21)8(22,23)9(24,25)10(26,27)11(28,29)12(30,31)13(32,33)34/h3H2,1-2H3. The Morgan fingerprint density at radius 3 is 0.743 bits per heavy atom. The first-order valence-electron chi connectivity index (χ1n) is 7.78. The third-order valence-corrected chi connectivity index (χ3v) is 4.09. The average Bonchev–Trinajstić information content (AvgIpc) is 2.58. The molecular weight excluding hydrogens is 569 g/mol. The van der Waals surface area contributed by atoms with Crippen molar-refractivity contribution in [3.63, 3.8) is 0 Å². The van der Waals surface area contributed by atoms with E-state index in [0.717, 1.165) is 0 Å². The molecule has 1 nitrogen and oxygen atoms in total. The van der Waals surface area contributed by atoms with Gasteiger partial charge in [0.1, 0.15) is 0 Å². The second kappa shape index (κ2) is 8.25. The Morgan fingerprint density at radius 2 is 0.543 bits per heavy atom. The Bertz CT molecular complexity index is 760. The van der Waals surface area contributed by atoms with E-state index >= 15 is 0 Å². The maximum absolute atomic E-state index is 13.5. The highest BCUT2D eigenvalue weighted by Crippen LogP contribution is 2.66. The van der Waals surface area contributed by atoms with Crippen molar-refractivity contribution in [2.45, 2.75) is 59.5 Å². The first-order chi connectivity index (χ1) is 14.7. The summed E-state index contributed by atoms with van der Waals surface area (Å²) in [4.78, 5) is -0.192. The van der Waals surface area contributed by atoms with Crippen LogP contribution in [0.5, 0.6) is 0 Å². The van der Waals surface area contributed by atoms with Crippen molar-refractivity contribution in [3.05, 3.63) is 0 Å². The molecule has 0 saturated heterocycles. The van der Waals surface area contributed by atoms with Crippen molar-refractivity contribution in [1.29, 1.82) is 0 Å². The summed E-state index contributed by atoms with van der Waals surface area (Å²) in [5.74, 6) is -76.5. The Kier molecular flexibility index (Phi) is 7.89. The van der Waals surface area contributed by atoms with Gasteiger partial charge in [0.15, 0.2) is 0 Å². The number of alkyl halides is 21. The predicted octanol–water partition coefficient (Wildman–Crippen LogP) is 6.83. The molecule has 0 amide bonds. The summed E-state index contributed by atoms with van der Waals surface area (Å²) in [5, 5.41) is 0. The molecule has 0 rings (SSSR count).